The third-order valence-corrected chi connectivity index (χ3v) is 8.28. The van der Waals surface area contributed by atoms with E-state index in [1.807, 2.05) is 25.7 Å². The van der Waals surface area contributed by atoms with Gasteiger partial charge in [-0.05, 0) is 59.5 Å². The van der Waals surface area contributed by atoms with Crippen LogP contribution in [0, 0.1) is 0 Å². The summed E-state index contributed by atoms with van der Waals surface area (Å²) in [6.45, 7) is 9.83. The van der Waals surface area contributed by atoms with E-state index in [4.69, 9.17) is 0 Å². The fourth-order valence-electron chi connectivity index (χ4n) is 5.16. The standard InChI is InChI=1S/C22H40N4O4S/c1-22(2,3)23-20(27)15-24-10-6-11-25(13-12-24)16-21(28)26(18-7-4-5-8-18)19-9-14-31(29,30)17-19/h18-19H,4-17H2,1-3H3,(H,23,27)/t19-/m0/s1. The maximum atomic E-state index is 13.3. The Morgan fingerprint density at radius 1 is 0.903 bits per heavy atom. The van der Waals surface area contributed by atoms with Crippen LogP contribution in [0.1, 0.15) is 59.3 Å². The lowest BCUT2D eigenvalue weighted by atomic mass is 10.1. The third-order valence-electron chi connectivity index (χ3n) is 6.53. The predicted octanol–water partition coefficient (Wildman–Crippen LogP) is 0.867. The van der Waals surface area contributed by atoms with Gasteiger partial charge in [-0.25, -0.2) is 8.42 Å². The van der Waals surface area contributed by atoms with Crippen molar-refractivity contribution in [3.63, 3.8) is 0 Å². The number of hydrogen-bond donors (Lipinski definition) is 1. The summed E-state index contributed by atoms with van der Waals surface area (Å²) in [6.07, 6.45) is 5.68. The topological polar surface area (TPSA) is 90.0 Å². The lowest BCUT2D eigenvalue weighted by Gasteiger charge is -2.35. The molecule has 0 aromatic carbocycles. The Bertz CT molecular complexity index is 743. The van der Waals surface area contributed by atoms with Crippen molar-refractivity contribution in [2.24, 2.45) is 0 Å². The van der Waals surface area contributed by atoms with Gasteiger partial charge in [0.15, 0.2) is 9.84 Å². The largest absolute Gasteiger partial charge is 0.350 e. The summed E-state index contributed by atoms with van der Waals surface area (Å²) in [4.78, 5) is 31.9. The minimum Gasteiger partial charge on any atom is -0.350 e. The van der Waals surface area contributed by atoms with Crippen LogP contribution in [-0.2, 0) is 19.4 Å². The molecular weight excluding hydrogens is 416 g/mol. The maximum absolute atomic E-state index is 13.3. The van der Waals surface area contributed by atoms with E-state index in [0.29, 0.717) is 19.5 Å². The average Bonchev–Trinajstić information content (AvgIpc) is 3.22. The summed E-state index contributed by atoms with van der Waals surface area (Å²) in [5.74, 6) is 0.426. The molecule has 0 aromatic heterocycles. The van der Waals surface area contributed by atoms with Gasteiger partial charge in [0.1, 0.15) is 0 Å². The molecule has 0 radical (unpaired) electrons. The lowest BCUT2D eigenvalue weighted by Crippen LogP contribution is -2.51. The van der Waals surface area contributed by atoms with Crippen LogP contribution in [0.5, 0.6) is 0 Å². The molecule has 2 amide bonds. The molecule has 1 N–H and O–H groups in total. The summed E-state index contributed by atoms with van der Waals surface area (Å²) in [5, 5.41) is 3.01. The number of nitrogens with zero attached hydrogens (tertiary/aromatic N) is 3. The zero-order valence-corrected chi connectivity index (χ0v) is 20.3. The molecule has 178 valence electrons. The monoisotopic (exact) mass is 456 g/mol. The number of amides is 2. The molecular formula is C22H40N4O4S. The van der Waals surface area contributed by atoms with Crippen LogP contribution >= 0.6 is 0 Å². The van der Waals surface area contributed by atoms with Crippen LogP contribution < -0.4 is 5.32 Å². The van der Waals surface area contributed by atoms with Gasteiger partial charge < -0.3 is 10.2 Å². The van der Waals surface area contributed by atoms with Gasteiger partial charge in [-0.3, -0.25) is 19.4 Å². The molecule has 9 heteroatoms. The first kappa shape index (κ1) is 24.5. The molecule has 0 bridgehead atoms. The second kappa shape index (κ2) is 10.2. The van der Waals surface area contributed by atoms with E-state index in [9.17, 15) is 18.0 Å². The van der Waals surface area contributed by atoms with Gasteiger partial charge in [0, 0.05) is 30.7 Å². The first-order chi connectivity index (χ1) is 14.5. The summed E-state index contributed by atoms with van der Waals surface area (Å²) < 4.78 is 24.1. The molecule has 3 rings (SSSR count). The van der Waals surface area contributed by atoms with Crippen LogP contribution in [0.3, 0.4) is 0 Å². The molecule has 1 aliphatic carbocycles. The number of carbonyl (C=O) groups is 2. The van der Waals surface area contributed by atoms with E-state index in [1.165, 1.54) is 0 Å². The van der Waals surface area contributed by atoms with Crippen LogP contribution in [-0.4, -0.2) is 103 Å². The smallest absolute Gasteiger partial charge is 0.237 e. The minimum absolute atomic E-state index is 0.0341. The van der Waals surface area contributed by atoms with Crippen molar-refractivity contribution in [3.05, 3.63) is 0 Å². The summed E-state index contributed by atoms with van der Waals surface area (Å²) in [7, 11) is -3.03. The van der Waals surface area contributed by atoms with Crippen LogP contribution in [0.2, 0.25) is 0 Å². The molecule has 1 saturated carbocycles. The Morgan fingerprint density at radius 2 is 1.52 bits per heavy atom. The Morgan fingerprint density at radius 3 is 2.06 bits per heavy atom. The molecule has 8 nitrogen and oxygen atoms in total. The zero-order valence-electron chi connectivity index (χ0n) is 19.4. The highest BCUT2D eigenvalue weighted by Gasteiger charge is 2.39. The van der Waals surface area contributed by atoms with Gasteiger partial charge in [0.2, 0.25) is 11.8 Å². The van der Waals surface area contributed by atoms with Gasteiger partial charge in [-0.1, -0.05) is 12.8 Å². The molecule has 0 unspecified atom stereocenters. The highest BCUT2D eigenvalue weighted by Crippen LogP contribution is 2.29. The average molecular weight is 457 g/mol. The van der Waals surface area contributed by atoms with Crippen LogP contribution in [0.4, 0.5) is 0 Å². The number of rotatable bonds is 6. The van der Waals surface area contributed by atoms with Gasteiger partial charge in [-0.15, -0.1) is 0 Å². The van der Waals surface area contributed by atoms with E-state index in [-0.39, 0.29) is 40.9 Å². The highest BCUT2D eigenvalue weighted by molar-refractivity contribution is 7.91. The molecule has 31 heavy (non-hydrogen) atoms. The maximum Gasteiger partial charge on any atom is 0.237 e. The fourth-order valence-corrected chi connectivity index (χ4v) is 6.87. The quantitative estimate of drug-likeness (QED) is 0.638. The number of sulfone groups is 1. The summed E-state index contributed by atoms with van der Waals surface area (Å²) >= 11 is 0. The van der Waals surface area contributed by atoms with Crippen molar-refractivity contribution < 1.29 is 18.0 Å². The zero-order chi connectivity index (χ0) is 22.6. The molecule has 2 saturated heterocycles. The van der Waals surface area contributed by atoms with Crippen LogP contribution in [0.25, 0.3) is 0 Å². The minimum atomic E-state index is -3.03. The van der Waals surface area contributed by atoms with Gasteiger partial charge in [0.25, 0.3) is 0 Å². The molecule has 3 aliphatic rings. The van der Waals surface area contributed by atoms with Crippen molar-refractivity contribution in [2.75, 3.05) is 50.8 Å². The van der Waals surface area contributed by atoms with Crippen LogP contribution in [0.15, 0.2) is 0 Å². The Labute approximate surface area is 187 Å². The van der Waals surface area contributed by atoms with Gasteiger partial charge in [-0.2, -0.15) is 0 Å². The second-order valence-electron chi connectivity index (χ2n) is 10.5. The summed E-state index contributed by atoms with van der Waals surface area (Å²) in [5.41, 5.74) is -0.237. The van der Waals surface area contributed by atoms with Crippen molar-refractivity contribution in [3.8, 4) is 0 Å². The molecule has 2 heterocycles. The third kappa shape index (κ3) is 7.43. The molecule has 2 aliphatic heterocycles. The van der Waals surface area contributed by atoms with Crippen molar-refractivity contribution in [1.29, 1.82) is 0 Å². The SMILES string of the molecule is CC(C)(C)NC(=O)CN1CCCN(CC(=O)N(C2CCCC2)[C@H]2CCS(=O)(=O)C2)CC1. The number of carbonyl (C=O) groups excluding carboxylic acids is 2. The van der Waals surface area contributed by atoms with Crippen molar-refractivity contribution in [1.82, 2.24) is 20.0 Å². The molecule has 3 fully saturated rings. The van der Waals surface area contributed by atoms with E-state index >= 15 is 0 Å². The highest BCUT2D eigenvalue weighted by atomic mass is 32.2. The molecule has 0 aromatic rings. The Hall–Kier alpha value is -1.19. The normalized spacial score (nSPS) is 26.0. The lowest BCUT2D eigenvalue weighted by molar-refractivity contribution is -0.137. The van der Waals surface area contributed by atoms with Crippen molar-refractivity contribution in [2.45, 2.75) is 76.9 Å². The number of hydrogen-bond acceptors (Lipinski definition) is 6. The first-order valence-corrected chi connectivity index (χ1v) is 13.6. The van der Waals surface area contributed by atoms with E-state index in [0.717, 1.165) is 58.3 Å². The Balaban J connectivity index is 1.55. The van der Waals surface area contributed by atoms with E-state index in [1.54, 1.807) is 0 Å². The fraction of sp³-hybridized carbons (Fsp3) is 0.909. The number of nitrogens with one attached hydrogen (secondary N) is 1. The Kier molecular flexibility index (Phi) is 8.02. The predicted molar refractivity (Wildman–Crippen MR) is 122 cm³/mol. The summed E-state index contributed by atoms with van der Waals surface area (Å²) in [6, 6.07) is 0.0283. The first-order valence-electron chi connectivity index (χ1n) is 11.8. The van der Waals surface area contributed by atoms with E-state index < -0.39 is 9.84 Å². The van der Waals surface area contributed by atoms with Crippen molar-refractivity contribution >= 4 is 21.7 Å². The van der Waals surface area contributed by atoms with Gasteiger partial charge >= 0.3 is 0 Å². The molecule has 1 atom stereocenters. The van der Waals surface area contributed by atoms with Gasteiger partial charge in [0.05, 0.1) is 24.6 Å². The molecule has 0 spiro atoms. The van der Waals surface area contributed by atoms with E-state index in [2.05, 4.69) is 15.1 Å². The second-order valence-corrected chi connectivity index (χ2v) is 12.7.